The molecule has 0 atom stereocenters. The van der Waals surface area contributed by atoms with Crippen LogP contribution in [0.25, 0.3) is 0 Å². The SMILES string of the molecule is CC(=O)[O-].CC(=O)[O-].CCc1cc(C=NCCN=Cc2cc(CC)cc(C(C)C)c2O)c(O)c(C(C)C)c1.[Co+2]. The summed E-state index contributed by atoms with van der Waals surface area (Å²) in [5, 5.41) is 38.8. The molecule has 9 heteroatoms. The Labute approximate surface area is 243 Å². The molecule has 39 heavy (non-hydrogen) atoms. The maximum Gasteiger partial charge on any atom is 2.00 e. The molecule has 0 heterocycles. The molecule has 0 aliphatic rings. The van der Waals surface area contributed by atoms with Gasteiger partial charge >= 0.3 is 16.8 Å². The van der Waals surface area contributed by atoms with E-state index in [1.807, 2.05) is 12.1 Å². The van der Waals surface area contributed by atoms with E-state index in [0.29, 0.717) is 24.6 Å². The van der Waals surface area contributed by atoms with E-state index in [2.05, 4.69) is 63.7 Å². The number of phenolic OH excluding ortho intramolecular Hbond substituents is 2. The summed E-state index contributed by atoms with van der Waals surface area (Å²) in [6.07, 6.45) is 5.32. The number of aliphatic imine (C=N–C) groups is 2. The van der Waals surface area contributed by atoms with E-state index in [1.54, 1.807) is 12.4 Å². The molecule has 217 valence electrons. The van der Waals surface area contributed by atoms with Gasteiger partial charge in [0.25, 0.3) is 0 Å². The Balaban J connectivity index is 0. The third kappa shape index (κ3) is 15.1. The third-order valence-electron chi connectivity index (χ3n) is 5.34. The number of aliphatic carboxylic acids is 2. The number of carbonyl (C=O) groups excluding carboxylic acids is 2. The topological polar surface area (TPSA) is 145 Å². The Morgan fingerprint density at radius 3 is 1.26 bits per heavy atom. The Kier molecular flexibility index (Phi) is 19.3. The second-order valence-corrected chi connectivity index (χ2v) is 9.32. The molecule has 2 N–H and O–H groups in total. The standard InChI is InChI=1S/C26H36N2O2.2C2H4O2.Co/c1-7-19-11-21(25(29)23(13-19)17(3)4)15-27-9-10-28-16-22-12-20(8-2)14-24(18(5)6)26(22)30;2*1-2(3)4;/h11-18,29-30H,7-10H2,1-6H3;2*1H3,(H,3,4);/q;;;+2/p-2. The van der Waals surface area contributed by atoms with Crippen LogP contribution in [0.1, 0.15) is 101 Å². The number of aryl methyl sites for hydroxylation is 2. The molecule has 0 aliphatic heterocycles. The van der Waals surface area contributed by atoms with E-state index in [1.165, 1.54) is 11.1 Å². The number of hydrogen-bond acceptors (Lipinski definition) is 8. The van der Waals surface area contributed by atoms with Crippen molar-refractivity contribution in [2.24, 2.45) is 9.98 Å². The predicted molar refractivity (Wildman–Crippen MR) is 149 cm³/mol. The number of carbonyl (C=O) groups is 2. The molecular formula is C30H42CoN2O6. The Morgan fingerprint density at radius 2 is 1.03 bits per heavy atom. The second-order valence-electron chi connectivity index (χ2n) is 9.32. The van der Waals surface area contributed by atoms with Crippen LogP contribution in [0.5, 0.6) is 11.5 Å². The number of carboxylic acid groups (broad SMARTS) is 2. The molecule has 8 nitrogen and oxygen atoms in total. The zero-order valence-electron chi connectivity index (χ0n) is 24.2. The molecular weight excluding hydrogens is 543 g/mol. The summed E-state index contributed by atoms with van der Waals surface area (Å²) in [5.41, 5.74) is 5.84. The van der Waals surface area contributed by atoms with Gasteiger partial charge in [-0.25, -0.2) is 0 Å². The van der Waals surface area contributed by atoms with E-state index in [-0.39, 0.29) is 28.6 Å². The molecule has 0 amide bonds. The zero-order valence-corrected chi connectivity index (χ0v) is 25.2. The minimum atomic E-state index is -1.08. The van der Waals surface area contributed by atoms with Crippen molar-refractivity contribution in [2.45, 2.75) is 80.1 Å². The van der Waals surface area contributed by atoms with E-state index >= 15 is 0 Å². The van der Waals surface area contributed by atoms with Gasteiger partial charge in [0, 0.05) is 35.5 Å². The van der Waals surface area contributed by atoms with Gasteiger partial charge in [0.2, 0.25) is 0 Å². The van der Waals surface area contributed by atoms with Gasteiger partial charge in [-0.05, 0) is 72.9 Å². The minimum absolute atomic E-state index is 0. The molecule has 0 saturated carbocycles. The number of nitrogens with zero attached hydrogens (tertiary/aromatic N) is 2. The van der Waals surface area contributed by atoms with Crippen LogP contribution >= 0.6 is 0 Å². The summed E-state index contributed by atoms with van der Waals surface area (Å²) in [6.45, 7) is 15.5. The third-order valence-corrected chi connectivity index (χ3v) is 5.34. The average molecular weight is 586 g/mol. The van der Waals surface area contributed by atoms with E-state index < -0.39 is 11.9 Å². The molecule has 2 rings (SSSR count). The van der Waals surface area contributed by atoms with Gasteiger partial charge in [0.05, 0.1) is 13.1 Å². The summed E-state index contributed by atoms with van der Waals surface area (Å²) >= 11 is 0. The van der Waals surface area contributed by atoms with Crippen LogP contribution in [0.3, 0.4) is 0 Å². The Morgan fingerprint density at radius 1 is 0.744 bits per heavy atom. The first-order valence-corrected chi connectivity index (χ1v) is 12.8. The molecule has 2 aromatic carbocycles. The van der Waals surface area contributed by atoms with Crippen molar-refractivity contribution in [2.75, 3.05) is 13.1 Å². The predicted octanol–water partition coefficient (Wildman–Crippen LogP) is 3.52. The molecule has 0 aliphatic carbocycles. The largest absolute Gasteiger partial charge is 2.00 e. The van der Waals surface area contributed by atoms with Gasteiger partial charge in [0.1, 0.15) is 11.5 Å². The summed E-state index contributed by atoms with van der Waals surface area (Å²) in [7, 11) is 0. The first kappa shape index (κ1) is 38.0. The maximum atomic E-state index is 10.5. The molecule has 2 aromatic rings. The summed E-state index contributed by atoms with van der Waals surface area (Å²) in [4.78, 5) is 26.7. The number of carboxylic acids is 2. The normalized spacial score (nSPS) is 10.6. The molecule has 0 saturated heterocycles. The van der Waals surface area contributed by atoms with Crippen molar-refractivity contribution < 1.29 is 46.8 Å². The monoisotopic (exact) mass is 585 g/mol. The van der Waals surface area contributed by atoms with Crippen LogP contribution < -0.4 is 10.2 Å². The number of aromatic hydroxyl groups is 2. The Hall–Kier alpha value is -3.17. The van der Waals surface area contributed by atoms with Crippen molar-refractivity contribution in [3.05, 3.63) is 57.6 Å². The van der Waals surface area contributed by atoms with E-state index in [9.17, 15) is 10.2 Å². The number of hydrogen-bond donors (Lipinski definition) is 2. The molecule has 0 unspecified atom stereocenters. The first-order chi connectivity index (χ1) is 17.7. The zero-order chi connectivity index (χ0) is 29.4. The van der Waals surface area contributed by atoms with Crippen molar-refractivity contribution in [3.8, 4) is 11.5 Å². The fraction of sp³-hybridized carbons (Fsp3) is 0.467. The number of phenols is 2. The Bertz CT molecular complexity index is 1020. The average Bonchev–Trinajstić information content (AvgIpc) is 2.81. The summed E-state index contributed by atoms with van der Waals surface area (Å²) in [6, 6.07) is 8.14. The van der Waals surface area contributed by atoms with Crippen molar-refractivity contribution in [1.82, 2.24) is 0 Å². The van der Waals surface area contributed by atoms with Crippen molar-refractivity contribution in [3.63, 3.8) is 0 Å². The van der Waals surface area contributed by atoms with Crippen LogP contribution in [0, 0.1) is 0 Å². The van der Waals surface area contributed by atoms with Crippen molar-refractivity contribution in [1.29, 1.82) is 0 Å². The fourth-order valence-electron chi connectivity index (χ4n) is 3.42. The van der Waals surface area contributed by atoms with Gasteiger partial charge in [-0.1, -0.05) is 53.7 Å². The number of benzene rings is 2. The number of rotatable bonds is 9. The first-order valence-electron chi connectivity index (χ1n) is 12.8. The van der Waals surface area contributed by atoms with Crippen LogP contribution in [0.4, 0.5) is 0 Å². The molecule has 1 radical (unpaired) electrons. The van der Waals surface area contributed by atoms with Gasteiger partial charge in [0.15, 0.2) is 0 Å². The summed E-state index contributed by atoms with van der Waals surface area (Å²) in [5.74, 6) is -1.01. The van der Waals surface area contributed by atoms with Gasteiger partial charge in [-0.2, -0.15) is 0 Å². The van der Waals surface area contributed by atoms with Gasteiger partial charge in [-0.3, -0.25) is 9.98 Å². The maximum absolute atomic E-state index is 10.5. The molecule has 0 spiro atoms. The minimum Gasteiger partial charge on any atom is -0.550 e. The van der Waals surface area contributed by atoms with Crippen LogP contribution in [-0.4, -0.2) is 47.7 Å². The van der Waals surface area contributed by atoms with E-state index in [4.69, 9.17) is 19.8 Å². The van der Waals surface area contributed by atoms with Gasteiger partial charge < -0.3 is 30.0 Å². The smallest absolute Gasteiger partial charge is 0.550 e. The van der Waals surface area contributed by atoms with Crippen LogP contribution in [0.15, 0.2) is 34.3 Å². The molecule has 0 aromatic heterocycles. The molecule has 0 bridgehead atoms. The van der Waals surface area contributed by atoms with Crippen LogP contribution in [0.2, 0.25) is 0 Å². The molecule has 0 fully saturated rings. The fourth-order valence-corrected chi connectivity index (χ4v) is 3.42. The second kappa shape index (κ2) is 19.8. The van der Waals surface area contributed by atoms with Gasteiger partial charge in [-0.15, -0.1) is 0 Å². The van der Waals surface area contributed by atoms with Crippen LogP contribution in [-0.2, 0) is 39.2 Å². The quantitative estimate of drug-likeness (QED) is 0.340. The van der Waals surface area contributed by atoms with E-state index in [0.717, 1.165) is 48.9 Å². The summed E-state index contributed by atoms with van der Waals surface area (Å²) < 4.78 is 0. The van der Waals surface area contributed by atoms with Crippen molar-refractivity contribution >= 4 is 24.4 Å².